The number of aryl methyl sites for hydroxylation is 2. The lowest BCUT2D eigenvalue weighted by molar-refractivity contribution is 0.0943. The molecule has 3 rings (SSSR count). The Labute approximate surface area is 137 Å². The summed E-state index contributed by atoms with van der Waals surface area (Å²) < 4.78 is 6.41. The second-order valence-electron chi connectivity index (χ2n) is 5.41. The van der Waals surface area contributed by atoms with E-state index in [-0.39, 0.29) is 23.7 Å². The summed E-state index contributed by atoms with van der Waals surface area (Å²) in [5, 5.41) is 10.5. The standard InChI is InChI=1S/C17H16N4O3/c1-11-3-5-12(6-4-11)15-9-13(20-24-15)10-18-17(23)14-7-8-16(22)21(2)19-14/h3-9H,10H2,1-2H3,(H,18,23). The van der Waals surface area contributed by atoms with Gasteiger partial charge in [-0.25, -0.2) is 4.68 Å². The van der Waals surface area contributed by atoms with Gasteiger partial charge in [0, 0.05) is 24.7 Å². The molecule has 0 bridgehead atoms. The van der Waals surface area contributed by atoms with Gasteiger partial charge >= 0.3 is 0 Å². The molecule has 0 saturated carbocycles. The van der Waals surface area contributed by atoms with Crippen LogP contribution in [-0.2, 0) is 13.6 Å². The molecule has 0 saturated heterocycles. The van der Waals surface area contributed by atoms with Gasteiger partial charge in [0.15, 0.2) is 5.76 Å². The molecule has 1 aromatic carbocycles. The molecule has 1 amide bonds. The van der Waals surface area contributed by atoms with Crippen LogP contribution in [0.15, 0.2) is 51.8 Å². The maximum absolute atomic E-state index is 12.0. The molecule has 24 heavy (non-hydrogen) atoms. The fourth-order valence-electron chi connectivity index (χ4n) is 2.13. The van der Waals surface area contributed by atoms with Crippen LogP contribution in [-0.4, -0.2) is 20.8 Å². The number of hydrogen-bond donors (Lipinski definition) is 1. The minimum Gasteiger partial charge on any atom is -0.356 e. The van der Waals surface area contributed by atoms with E-state index in [1.807, 2.05) is 31.2 Å². The number of carbonyl (C=O) groups excluding carboxylic acids is 1. The molecule has 2 heterocycles. The molecule has 0 aliphatic rings. The lowest BCUT2D eigenvalue weighted by Crippen LogP contribution is -2.28. The molecule has 0 unspecified atom stereocenters. The highest BCUT2D eigenvalue weighted by molar-refractivity contribution is 5.91. The SMILES string of the molecule is Cc1ccc(-c2cc(CNC(=O)c3ccc(=O)n(C)n3)no2)cc1. The smallest absolute Gasteiger partial charge is 0.272 e. The van der Waals surface area contributed by atoms with E-state index in [1.165, 1.54) is 19.2 Å². The molecule has 0 atom stereocenters. The third kappa shape index (κ3) is 3.40. The quantitative estimate of drug-likeness (QED) is 0.788. The molecule has 3 aromatic rings. The first-order valence-corrected chi connectivity index (χ1v) is 7.38. The highest BCUT2D eigenvalue weighted by Gasteiger charge is 2.11. The number of benzene rings is 1. The lowest BCUT2D eigenvalue weighted by Gasteiger charge is -2.03. The first-order valence-electron chi connectivity index (χ1n) is 7.38. The maximum Gasteiger partial charge on any atom is 0.272 e. The molecule has 0 fully saturated rings. The average molecular weight is 324 g/mol. The minimum absolute atomic E-state index is 0.166. The second-order valence-corrected chi connectivity index (χ2v) is 5.41. The predicted octanol–water partition coefficient (Wildman–Crippen LogP) is 1.67. The van der Waals surface area contributed by atoms with Crippen molar-refractivity contribution in [1.29, 1.82) is 0 Å². The topological polar surface area (TPSA) is 90.0 Å². The van der Waals surface area contributed by atoms with E-state index in [1.54, 1.807) is 6.07 Å². The van der Waals surface area contributed by atoms with Gasteiger partial charge in [-0.15, -0.1) is 0 Å². The van der Waals surface area contributed by atoms with Gasteiger partial charge in [0.25, 0.3) is 11.5 Å². The number of amides is 1. The number of aromatic nitrogens is 3. The van der Waals surface area contributed by atoms with Crippen molar-refractivity contribution in [2.75, 3.05) is 0 Å². The molecule has 7 heteroatoms. The zero-order valence-corrected chi connectivity index (χ0v) is 13.3. The highest BCUT2D eigenvalue weighted by atomic mass is 16.5. The van der Waals surface area contributed by atoms with Gasteiger partial charge in [-0.1, -0.05) is 35.0 Å². The maximum atomic E-state index is 12.0. The van der Waals surface area contributed by atoms with Crippen LogP contribution in [0.5, 0.6) is 0 Å². The minimum atomic E-state index is -0.384. The number of hydrogen-bond acceptors (Lipinski definition) is 5. The van der Waals surface area contributed by atoms with Crippen molar-refractivity contribution >= 4 is 5.91 Å². The van der Waals surface area contributed by atoms with E-state index < -0.39 is 0 Å². The summed E-state index contributed by atoms with van der Waals surface area (Å²) in [6, 6.07) is 12.3. The third-order valence-corrected chi connectivity index (χ3v) is 3.52. The summed E-state index contributed by atoms with van der Waals surface area (Å²) >= 11 is 0. The molecule has 122 valence electrons. The number of carbonyl (C=O) groups is 1. The zero-order valence-electron chi connectivity index (χ0n) is 13.3. The summed E-state index contributed by atoms with van der Waals surface area (Å²) in [5.41, 5.74) is 2.58. The van der Waals surface area contributed by atoms with Crippen LogP contribution in [0.25, 0.3) is 11.3 Å². The fraction of sp³-hybridized carbons (Fsp3) is 0.176. The van der Waals surface area contributed by atoms with Crippen molar-refractivity contribution in [3.05, 3.63) is 69.8 Å². The van der Waals surface area contributed by atoms with Gasteiger partial charge in [0.1, 0.15) is 11.4 Å². The first-order chi connectivity index (χ1) is 11.5. The van der Waals surface area contributed by atoms with Crippen molar-refractivity contribution in [3.63, 3.8) is 0 Å². The van der Waals surface area contributed by atoms with E-state index in [0.717, 1.165) is 15.8 Å². The molecule has 2 aromatic heterocycles. The average Bonchev–Trinajstić information content (AvgIpc) is 3.05. The number of nitrogens with zero attached hydrogens (tertiary/aromatic N) is 3. The summed E-state index contributed by atoms with van der Waals surface area (Å²) in [6.45, 7) is 2.22. The van der Waals surface area contributed by atoms with Gasteiger partial charge in [0.2, 0.25) is 0 Å². The van der Waals surface area contributed by atoms with Crippen LogP contribution in [0.2, 0.25) is 0 Å². The van der Waals surface area contributed by atoms with Crippen molar-refractivity contribution in [3.8, 4) is 11.3 Å². The second kappa shape index (κ2) is 6.49. The van der Waals surface area contributed by atoms with Crippen molar-refractivity contribution < 1.29 is 9.32 Å². The van der Waals surface area contributed by atoms with E-state index in [4.69, 9.17) is 4.52 Å². The summed E-state index contributed by atoms with van der Waals surface area (Å²) in [5.74, 6) is 0.255. The molecule has 0 aliphatic carbocycles. The largest absolute Gasteiger partial charge is 0.356 e. The van der Waals surface area contributed by atoms with Gasteiger partial charge in [0.05, 0.1) is 6.54 Å². The van der Waals surface area contributed by atoms with E-state index in [9.17, 15) is 9.59 Å². The van der Waals surface area contributed by atoms with E-state index in [0.29, 0.717) is 11.5 Å². The Morgan fingerprint density at radius 2 is 1.96 bits per heavy atom. The van der Waals surface area contributed by atoms with Crippen molar-refractivity contribution in [1.82, 2.24) is 20.3 Å². The fourth-order valence-corrected chi connectivity index (χ4v) is 2.13. The highest BCUT2D eigenvalue weighted by Crippen LogP contribution is 2.20. The molecule has 0 aliphatic heterocycles. The molecular weight excluding hydrogens is 308 g/mol. The van der Waals surface area contributed by atoms with E-state index in [2.05, 4.69) is 15.6 Å². The van der Waals surface area contributed by atoms with Gasteiger partial charge in [-0.3, -0.25) is 9.59 Å². The molecule has 1 N–H and O–H groups in total. The Morgan fingerprint density at radius 1 is 1.21 bits per heavy atom. The predicted molar refractivity (Wildman–Crippen MR) is 87.3 cm³/mol. The Balaban J connectivity index is 1.66. The van der Waals surface area contributed by atoms with Crippen LogP contribution in [0.3, 0.4) is 0 Å². The van der Waals surface area contributed by atoms with Crippen LogP contribution in [0, 0.1) is 6.92 Å². The van der Waals surface area contributed by atoms with Crippen molar-refractivity contribution in [2.45, 2.75) is 13.5 Å². The Kier molecular flexibility index (Phi) is 4.24. The summed E-state index contributed by atoms with van der Waals surface area (Å²) in [4.78, 5) is 23.3. The van der Waals surface area contributed by atoms with Gasteiger partial charge in [-0.05, 0) is 13.0 Å². The lowest BCUT2D eigenvalue weighted by atomic mass is 10.1. The van der Waals surface area contributed by atoms with Crippen LogP contribution < -0.4 is 10.9 Å². The Morgan fingerprint density at radius 3 is 2.67 bits per heavy atom. The van der Waals surface area contributed by atoms with Crippen LogP contribution in [0.4, 0.5) is 0 Å². The van der Waals surface area contributed by atoms with Crippen molar-refractivity contribution in [2.24, 2.45) is 7.05 Å². The Bertz CT molecular complexity index is 926. The molecular formula is C17H16N4O3. The van der Waals surface area contributed by atoms with Gasteiger partial charge < -0.3 is 9.84 Å². The summed E-state index contributed by atoms with van der Waals surface area (Å²) in [7, 11) is 1.49. The molecule has 7 nitrogen and oxygen atoms in total. The molecule has 0 spiro atoms. The van der Waals surface area contributed by atoms with Gasteiger partial charge in [-0.2, -0.15) is 5.10 Å². The third-order valence-electron chi connectivity index (χ3n) is 3.52. The van der Waals surface area contributed by atoms with E-state index >= 15 is 0 Å². The summed E-state index contributed by atoms with van der Waals surface area (Å²) in [6.07, 6.45) is 0. The van der Waals surface area contributed by atoms with Crippen LogP contribution >= 0.6 is 0 Å². The monoisotopic (exact) mass is 324 g/mol. The number of rotatable bonds is 4. The Hall–Kier alpha value is -3.22. The first kappa shape index (κ1) is 15.7. The van der Waals surface area contributed by atoms with Crippen LogP contribution in [0.1, 0.15) is 21.7 Å². The normalized spacial score (nSPS) is 10.6. The zero-order chi connectivity index (χ0) is 17.1. The molecule has 0 radical (unpaired) electrons. The number of nitrogens with one attached hydrogen (secondary N) is 1.